The monoisotopic (exact) mass is 225 g/mol. The van der Waals surface area contributed by atoms with Crippen molar-refractivity contribution in [1.82, 2.24) is 0 Å². The fourth-order valence-electron chi connectivity index (χ4n) is 1.85. The predicted molar refractivity (Wildman–Crippen MR) is 74.6 cm³/mol. The van der Waals surface area contributed by atoms with E-state index in [0.29, 0.717) is 0 Å². The zero-order valence-electron chi connectivity index (χ0n) is 8.98. The third kappa shape index (κ3) is 2.98. The molecular formula is C15H18Al. The Morgan fingerprint density at radius 2 is 1.12 bits per heavy atom. The summed E-state index contributed by atoms with van der Waals surface area (Å²) in [6.45, 7) is 2.20. The molecule has 81 valence electrons. The lowest BCUT2D eigenvalue weighted by atomic mass is 9.89. The number of hydrogen-bond acceptors (Lipinski definition) is 0. The zero-order valence-corrected chi connectivity index (χ0v) is 8.98. The van der Waals surface area contributed by atoms with E-state index in [0.717, 1.165) is 6.42 Å². The van der Waals surface area contributed by atoms with E-state index in [2.05, 4.69) is 67.6 Å². The number of rotatable bonds is 3. The molecule has 0 bridgehead atoms. The van der Waals surface area contributed by atoms with Gasteiger partial charge in [0.05, 0.1) is 0 Å². The van der Waals surface area contributed by atoms with Crippen LogP contribution in [0, 0.1) is 5.92 Å². The molecule has 0 unspecified atom stereocenters. The van der Waals surface area contributed by atoms with Gasteiger partial charge in [-0.3, -0.25) is 0 Å². The van der Waals surface area contributed by atoms with Crippen molar-refractivity contribution in [3.63, 3.8) is 0 Å². The molecule has 1 heteroatoms. The van der Waals surface area contributed by atoms with E-state index in [1.165, 1.54) is 17.0 Å². The van der Waals surface area contributed by atoms with Crippen LogP contribution in [0.4, 0.5) is 0 Å². The summed E-state index contributed by atoms with van der Waals surface area (Å²) in [5, 5.41) is 0. The van der Waals surface area contributed by atoms with Gasteiger partial charge in [0.25, 0.3) is 0 Å². The van der Waals surface area contributed by atoms with Crippen LogP contribution in [-0.4, -0.2) is 17.4 Å². The molecule has 2 rings (SSSR count). The van der Waals surface area contributed by atoms with Crippen LogP contribution in [0.5, 0.6) is 0 Å². The Bertz CT molecular complexity index is 355. The molecule has 0 aliphatic carbocycles. The van der Waals surface area contributed by atoms with Gasteiger partial charge in [-0.25, -0.2) is 0 Å². The highest BCUT2D eigenvalue weighted by atomic mass is 27.0. The summed E-state index contributed by atoms with van der Waals surface area (Å²) in [4.78, 5) is 0. The van der Waals surface area contributed by atoms with Gasteiger partial charge in [-0.1, -0.05) is 67.6 Å². The van der Waals surface area contributed by atoms with E-state index in [4.69, 9.17) is 0 Å². The largest absolute Gasteiger partial charge is 0.187 e. The van der Waals surface area contributed by atoms with Crippen molar-refractivity contribution in [3.05, 3.63) is 77.7 Å². The van der Waals surface area contributed by atoms with Crippen LogP contribution in [-0.2, 0) is 0 Å². The highest BCUT2D eigenvalue weighted by Gasteiger charge is 2.11. The smallest absolute Gasteiger partial charge is 0.0642 e. The Hall–Kier alpha value is -1.03. The lowest BCUT2D eigenvalue weighted by Crippen LogP contribution is -1.99. The van der Waals surface area contributed by atoms with Gasteiger partial charge in [0, 0.05) is 5.92 Å². The first kappa shape index (κ1) is 13.0. The van der Waals surface area contributed by atoms with Gasteiger partial charge >= 0.3 is 0 Å². The van der Waals surface area contributed by atoms with Crippen molar-refractivity contribution in [2.45, 2.75) is 13.3 Å². The first-order valence-electron chi connectivity index (χ1n) is 5.38. The second kappa shape index (κ2) is 6.53. The van der Waals surface area contributed by atoms with Gasteiger partial charge in [-0.05, 0) is 17.5 Å². The van der Waals surface area contributed by atoms with Crippen molar-refractivity contribution in [2.24, 2.45) is 0 Å². The van der Waals surface area contributed by atoms with E-state index >= 15 is 0 Å². The molecule has 0 saturated carbocycles. The summed E-state index contributed by atoms with van der Waals surface area (Å²) < 4.78 is 0. The topological polar surface area (TPSA) is 0 Å². The second-order valence-electron chi connectivity index (χ2n) is 3.56. The normalized spacial score (nSPS) is 9.88. The maximum Gasteiger partial charge on any atom is 0.187 e. The minimum Gasteiger partial charge on any atom is -0.0642 e. The molecule has 2 aromatic rings. The average molecular weight is 225 g/mol. The second-order valence-corrected chi connectivity index (χ2v) is 3.56. The van der Waals surface area contributed by atoms with Crippen LogP contribution in [0.25, 0.3) is 0 Å². The summed E-state index contributed by atoms with van der Waals surface area (Å²) in [6, 6.07) is 21.2. The molecular weight excluding hydrogens is 207 g/mol. The molecule has 0 aromatic heterocycles. The summed E-state index contributed by atoms with van der Waals surface area (Å²) in [5.74, 6) is 1.41. The molecule has 0 spiro atoms. The lowest BCUT2D eigenvalue weighted by molar-refractivity contribution is 0.990. The van der Waals surface area contributed by atoms with E-state index in [1.807, 2.05) is 0 Å². The Labute approximate surface area is 108 Å². The van der Waals surface area contributed by atoms with Gasteiger partial charge in [0.2, 0.25) is 0 Å². The molecule has 0 atom stereocenters. The maximum absolute atomic E-state index is 2.20. The van der Waals surface area contributed by atoms with Crippen LogP contribution in [0.2, 0.25) is 0 Å². The molecule has 2 aromatic carbocycles. The summed E-state index contributed by atoms with van der Waals surface area (Å²) >= 11 is 0. The van der Waals surface area contributed by atoms with Crippen LogP contribution < -0.4 is 0 Å². The van der Waals surface area contributed by atoms with Crippen molar-refractivity contribution >= 4 is 17.4 Å². The molecule has 0 saturated heterocycles. The zero-order chi connectivity index (χ0) is 10.5. The Morgan fingerprint density at radius 3 is 1.44 bits per heavy atom. The summed E-state index contributed by atoms with van der Waals surface area (Å²) in [7, 11) is 0. The fraction of sp³-hybridized carbons (Fsp3) is 0.133. The van der Waals surface area contributed by atoms with Crippen LogP contribution in [0.1, 0.15) is 24.5 Å². The Balaban J connectivity index is 0.00000128. The number of benzene rings is 2. The molecule has 0 heterocycles. The maximum atomic E-state index is 2.20. The van der Waals surface area contributed by atoms with Gasteiger partial charge in [0.1, 0.15) is 0 Å². The Morgan fingerprint density at radius 1 is 0.750 bits per heavy atom. The highest BCUT2D eigenvalue weighted by molar-refractivity contribution is 5.75. The van der Waals surface area contributed by atoms with E-state index in [-0.39, 0.29) is 17.4 Å². The summed E-state index contributed by atoms with van der Waals surface area (Å²) in [5.41, 5.74) is 2.65. The first-order valence-corrected chi connectivity index (χ1v) is 5.38. The van der Waals surface area contributed by atoms with Gasteiger partial charge in [0.15, 0.2) is 17.4 Å². The third-order valence-corrected chi connectivity index (χ3v) is 2.60. The predicted octanol–water partition coefficient (Wildman–Crippen LogP) is 2.88. The third-order valence-electron chi connectivity index (χ3n) is 2.60. The molecule has 16 heavy (non-hydrogen) atoms. The highest BCUT2D eigenvalue weighted by Crippen LogP contribution is 2.25. The molecule has 0 aliphatic rings. The van der Waals surface area contributed by atoms with Crippen molar-refractivity contribution < 1.29 is 0 Å². The SMILES string of the molecule is CC[C](c1ccccc1)c1ccccc1.[AlH3]. The summed E-state index contributed by atoms with van der Waals surface area (Å²) in [6.07, 6.45) is 1.06. The van der Waals surface area contributed by atoms with E-state index in [1.54, 1.807) is 0 Å². The van der Waals surface area contributed by atoms with E-state index < -0.39 is 0 Å². The minimum absolute atomic E-state index is 0. The molecule has 0 aliphatic heterocycles. The standard InChI is InChI=1S/C15H15.Al.3H/c1-2-15(13-9-5-3-6-10-13)14-11-7-4-8-12-14;;;;/h3-12H,2H2,1H3;;;;. The number of hydrogen-bond donors (Lipinski definition) is 0. The average Bonchev–Trinajstić information content (AvgIpc) is 2.33. The van der Waals surface area contributed by atoms with Crippen molar-refractivity contribution in [3.8, 4) is 0 Å². The van der Waals surface area contributed by atoms with Gasteiger partial charge in [-0.15, -0.1) is 0 Å². The van der Waals surface area contributed by atoms with Gasteiger partial charge in [-0.2, -0.15) is 0 Å². The van der Waals surface area contributed by atoms with Crippen molar-refractivity contribution in [1.29, 1.82) is 0 Å². The molecule has 0 N–H and O–H groups in total. The molecule has 0 amide bonds. The van der Waals surface area contributed by atoms with E-state index in [9.17, 15) is 0 Å². The Kier molecular flexibility index (Phi) is 5.32. The van der Waals surface area contributed by atoms with Crippen molar-refractivity contribution in [2.75, 3.05) is 0 Å². The molecule has 1 radical (unpaired) electrons. The van der Waals surface area contributed by atoms with Crippen LogP contribution in [0.3, 0.4) is 0 Å². The molecule has 0 nitrogen and oxygen atoms in total. The van der Waals surface area contributed by atoms with Crippen LogP contribution >= 0.6 is 0 Å². The van der Waals surface area contributed by atoms with Crippen LogP contribution in [0.15, 0.2) is 60.7 Å². The first-order chi connectivity index (χ1) is 7.42. The quantitative estimate of drug-likeness (QED) is 0.705. The molecule has 0 fully saturated rings. The lowest BCUT2D eigenvalue weighted by Gasteiger charge is -2.14. The van der Waals surface area contributed by atoms with Gasteiger partial charge < -0.3 is 0 Å². The fourth-order valence-corrected chi connectivity index (χ4v) is 1.85. The minimum atomic E-state index is 0.